The lowest BCUT2D eigenvalue weighted by Crippen LogP contribution is -2.51. The van der Waals surface area contributed by atoms with Crippen LogP contribution in [0.4, 0.5) is 4.79 Å². The Bertz CT molecular complexity index is 1960. The summed E-state index contributed by atoms with van der Waals surface area (Å²) >= 11 is 0. The van der Waals surface area contributed by atoms with Crippen LogP contribution >= 0.6 is 54.0 Å². The first-order valence-corrected chi connectivity index (χ1v) is 19.7. The molecule has 4 aromatic rings. The van der Waals surface area contributed by atoms with Crippen LogP contribution in [0.25, 0.3) is 33.6 Å². The molecule has 2 aromatic heterocycles. The molecule has 3 aliphatic heterocycles. The van der Waals surface area contributed by atoms with Gasteiger partial charge < -0.3 is 39.3 Å². The zero-order valence-electron chi connectivity index (χ0n) is 34.3. The zero-order chi connectivity index (χ0) is 38.5. The van der Waals surface area contributed by atoms with E-state index in [1.807, 2.05) is 18.0 Å². The Kier molecular flexibility index (Phi) is 19.3. The highest BCUT2D eigenvalue weighted by atomic mass is 32.1. The fourth-order valence-corrected chi connectivity index (χ4v) is 7.85. The van der Waals surface area contributed by atoms with Crippen LogP contribution in [0.3, 0.4) is 0 Å². The van der Waals surface area contributed by atoms with Gasteiger partial charge in [0.25, 0.3) is 0 Å². The summed E-state index contributed by atoms with van der Waals surface area (Å²) in [6.07, 6.45) is 6.21. The SMILES string of the molecule is COC(=O)N[C@H]1COCCOCCCc2[nH]c(nc2-c2ccc(-c3ccc(-c4cnc([C@@H]5CCCN5C(=O)[C@@H](C)C(C)C)[nH]4)cc3)cc2)[C@@H]2CCCN2C1=O.S.S.S.S. The van der Waals surface area contributed by atoms with Crippen molar-refractivity contribution in [3.63, 3.8) is 0 Å². The molecule has 4 atom stereocenters. The molecule has 2 fully saturated rings. The third-order valence-electron chi connectivity index (χ3n) is 11.3. The number of aromatic amines is 2. The number of hydrogen-bond acceptors (Lipinski definition) is 8. The molecule has 17 heteroatoms. The summed E-state index contributed by atoms with van der Waals surface area (Å²) in [5, 5.41) is 2.65. The van der Waals surface area contributed by atoms with E-state index in [1.54, 1.807) is 4.90 Å². The smallest absolute Gasteiger partial charge is 0.407 e. The van der Waals surface area contributed by atoms with Gasteiger partial charge in [-0.05, 0) is 61.1 Å². The molecule has 0 radical (unpaired) electrons. The average molecular weight is 888 g/mol. The average Bonchev–Trinajstić information content (AvgIpc) is 4.04. The number of amides is 3. The Morgan fingerprint density at radius 2 is 1.42 bits per heavy atom. The molecule has 7 rings (SSSR count). The number of ether oxygens (including phenoxy) is 3. The number of nitrogens with zero attached hydrogens (tertiary/aromatic N) is 4. The van der Waals surface area contributed by atoms with Gasteiger partial charge in [0, 0.05) is 36.9 Å². The number of imidazole rings is 2. The molecule has 3 aliphatic rings. The number of benzene rings is 2. The number of methoxy groups -OCH3 is 1. The molecular weight excluding hydrogens is 827 g/mol. The fourth-order valence-electron chi connectivity index (χ4n) is 7.85. The van der Waals surface area contributed by atoms with Crippen LogP contribution in [-0.2, 0) is 30.2 Å². The topological polar surface area (TPSA) is 155 Å². The van der Waals surface area contributed by atoms with Crippen molar-refractivity contribution < 1.29 is 28.6 Å². The minimum Gasteiger partial charge on any atom is -0.453 e. The number of carbonyl (C=O) groups is 3. The van der Waals surface area contributed by atoms with Gasteiger partial charge in [-0.1, -0.05) is 69.3 Å². The van der Waals surface area contributed by atoms with E-state index in [9.17, 15) is 14.4 Å². The number of nitrogens with one attached hydrogen (secondary N) is 3. The molecule has 0 saturated carbocycles. The maximum atomic E-state index is 13.8. The van der Waals surface area contributed by atoms with E-state index in [2.05, 4.69) is 77.7 Å². The monoisotopic (exact) mass is 887 g/mol. The number of H-pyrrole nitrogens is 2. The fraction of sp³-hybridized carbons (Fsp3) is 0.500. The molecule has 3 N–H and O–H groups in total. The summed E-state index contributed by atoms with van der Waals surface area (Å²) in [5.74, 6) is 1.85. The molecule has 0 spiro atoms. The third kappa shape index (κ3) is 11.4. The molecule has 3 amide bonds. The van der Waals surface area contributed by atoms with Crippen molar-refractivity contribution in [2.24, 2.45) is 11.8 Å². The van der Waals surface area contributed by atoms with Gasteiger partial charge in [0.2, 0.25) is 11.8 Å². The number of rotatable bonds is 7. The van der Waals surface area contributed by atoms with Gasteiger partial charge >= 0.3 is 6.09 Å². The number of carbonyl (C=O) groups excluding carboxylic acids is 3. The second kappa shape index (κ2) is 22.8. The van der Waals surface area contributed by atoms with Crippen molar-refractivity contribution in [1.29, 1.82) is 0 Å². The highest BCUT2D eigenvalue weighted by Crippen LogP contribution is 2.36. The quantitative estimate of drug-likeness (QED) is 0.181. The largest absolute Gasteiger partial charge is 0.453 e. The van der Waals surface area contributed by atoms with Gasteiger partial charge in [0.15, 0.2) is 0 Å². The Balaban J connectivity index is 0.00000233. The Morgan fingerprint density at radius 3 is 2.10 bits per heavy atom. The first-order chi connectivity index (χ1) is 26.7. The number of fused-ring (bicyclic) bond motifs is 4. The van der Waals surface area contributed by atoms with Crippen LogP contribution in [0, 0.1) is 11.8 Å². The van der Waals surface area contributed by atoms with Crippen molar-refractivity contribution >= 4 is 71.9 Å². The molecule has 324 valence electrons. The minimum atomic E-state index is -0.885. The maximum Gasteiger partial charge on any atom is 0.407 e. The van der Waals surface area contributed by atoms with E-state index in [0.717, 1.165) is 96.1 Å². The summed E-state index contributed by atoms with van der Waals surface area (Å²) in [6, 6.07) is 15.7. The Hall–Kier alpha value is -3.61. The first kappa shape index (κ1) is 49.8. The van der Waals surface area contributed by atoms with Crippen LogP contribution in [0.1, 0.15) is 82.3 Å². The minimum absolute atomic E-state index is 0. The van der Waals surface area contributed by atoms with E-state index < -0.39 is 12.1 Å². The van der Waals surface area contributed by atoms with Gasteiger partial charge in [0.05, 0.1) is 56.6 Å². The maximum absolute atomic E-state index is 13.8. The highest BCUT2D eigenvalue weighted by molar-refractivity contribution is 7.59. The lowest BCUT2D eigenvalue weighted by atomic mass is 9.96. The summed E-state index contributed by atoms with van der Waals surface area (Å²) in [4.78, 5) is 59.8. The summed E-state index contributed by atoms with van der Waals surface area (Å²) in [7, 11) is 1.27. The first-order valence-electron chi connectivity index (χ1n) is 19.7. The Morgan fingerprint density at radius 1 is 0.797 bits per heavy atom. The van der Waals surface area contributed by atoms with Crippen molar-refractivity contribution in [2.45, 2.75) is 77.4 Å². The summed E-state index contributed by atoms with van der Waals surface area (Å²) < 4.78 is 16.3. The van der Waals surface area contributed by atoms with Gasteiger partial charge in [0.1, 0.15) is 17.7 Å². The van der Waals surface area contributed by atoms with Crippen LogP contribution in [0.2, 0.25) is 0 Å². The molecular formula is C42H61N7O6S4. The molecule has 2 aromatic carbocycles. The number of alkyl carbamates (subject to hydrolysis) is 1. The van der Waals surface area contributed by atoms with E-state index in [-0.39, 0.29) is 90.4 Å². The lowest BCUT2D eigenvalue weighted by Gasteiger charge is -2.28. The summed E-state index contributed by atoms with van der Waals surface area (Å²) in [6.45, 7) is 8.83. The van der Waals surface area contributed by atoms with Crippen LogP contribution in [0.15, 0.2) is 54.7 Å². The van der Waals surface area contributed by atoms with E-state index in [4.69, 9.17) is 24.2 Å². The van der Waals surface area contributed by atoms with Gasteiger partial charge in [-0.15, -0.1) is 0 Å². The van der Waals surface area contributed by atoms with Gasteiger partial charge in [-0.2, -0.15) is 54.0 Å². The van der Waals surface area contributed by atoms with E-state index >= 15 is 0 Å². The van der Waals surface area contributed by atoms with Crippen molar-refractivity contribution in [3.05, 3.63) is 72.1 Å². The molecule has 0 aliphatic carbocycles. The van der Waals surface area contributed by atoms with Gasteiger partial charge in [-0.25, -0.2) is 14.8 Å². The molecule has 2 saturated heterocycles. The number of aromatic nitrogens is 4. The highest BCUT2D eigenvalue weighted by Gasteiger charge is 2.38. The second-order valence-corrected chi connectivity index (χ2v) is 15.2. The molecule has 2 bridgehead atoms. The van der Waals surface area contributed by atoms with Crippen molar-refractivity contribution in [2.75, 3.05) is 46.6 Å². The Labute approximate surface area is 375 Å². The zero-order valence-corrected chi connectivity index (χ0v) is 38.3. The van der Waals surface area contributed by atoms with E-state index in [1.165, 1.54) is 7.11 Å². The molecule has 5 heterocycles. The molecule has 59 heavy (non-hydrogen) atoms. The second-order valence-electron chi connectivity index (χ2n) is 15.2. The van der Waals surface area contributed by atoms with Crippen molar-refractivity contribution in [1.82, 2.24) is 35.1 Å². The number of hydrogen-bond donors (Lipinski definition) is 3. The summed E-state index contributed by atoms with van der Waals surface area (Å²) in [5.41, 5.74) is 7.00. The normalized spacial score (nSPS) is 20.1. The van der Waals surface area contributed by atoms with Crippen LogP contribution in [0.5, 0.6) is 0 Å². The number of aryl methyl sites for hydroxylation is 1. The van der Waals surface area contributed by atoms with E-state index in [0.29, 0.717) is 32.3 Å². The van der Waals surface area contributed by atoms with Crippen molar-refractivity contribution in [3.8, 4) is 33.6 Å². The standard InChI is InChI=1S/C42H53N7O6.4H2S/c1-26(2)27(3)40(50)48-19-5-9-35(48)38-43-24-33(45-38)30-15-11-28(12-16-30)29-13-17-31(18-14-29)37-32-8-7-21-54-22-23-55-25-34(46-42(52)53-4)41(51)49-20-6-10-36(49)39(44-32)47-37;;;;/h11-18,24,26-27,34-36H,5-10,19-23,25H2,1-4H3,(H,43,45)(H,44,47)(H,46,52);4*1H2/t27-,34-,35-,36-;;;;/m0..../s1. The molecule has 13 nitrogen and oxygen atoms in total. The van der Waals surface area contributed by atoms with Crippen LogP contribution < -0.4 is 5.32 Å². The predicted octanol–water partition coefficient (Wildman–Crippen LogP) is 6.91. The lowest BCUT2D eigenvalue weighted by molar-refractivity contribution is -0.137. The molecule has 0 unspecified atom stereocenters. The third-order valence-corrected chi connectivity index (χ3v) is 11.3. The van der Waals surface area contributed by atoms with Gasteiger partial charge in [-0.3, -0.25) is 9.59 Å². The number of likely N-dealkylation sites (tertiary alicyclic amines) is 1. The van der Waals surface area contributed by atoms with Crippen LogP contribution in [-0.4, -0.2) is 100 Å². The predicted molar refractivity (Wildman–Crippen MR) is 249 cm³/mol.